The molecule has 0 unspecified atom stereocenters. The summed E-state index contributed by atoms with van der Waals surface area (Å²) in [6.07, 6.45) is 1.30. The average Bonchev–Trinajstić information content (AvgIpc) is 3.08. The summed E-state index contributed by atoms with van der Waals surface area (Å²) in [6.45, 7) is 2.96. The number of rotatable bonds is 8. The predicted molar refractivity (Wildman–Crippen MR) is 62.1 cm³/mol. The first-order valence-corrected chi connectivity index (χ1v) is 6.04. The highest BCUT2D eigenvalue weighted by Crippen LogP contribution is 2.09. The largest absolute Gasteiger partial charge is 0.458 e. The Bertz CT molecular complexity index is 418. The van der Waals surface area contributed by atoms with E-state index < -0.39 is 12.1 Å². The number of hydrogen-bond acceptors (Lipinski definition) is 7. The van der Waals surface area contributed by atoms with Gasteiger partial charge in [0.05, 0.1) is 39.2 Å². The molecule has 1 aromatic heterocycles. The minimum absolute atomic E-state index is 0.220. The molecule has 1 N–H and O–H groups in total. The van der Waals surface area contributed by atoms with E-state index in [0.717, 1.165) is 6.61 Å². The Labute approximate surface area is 110 Å². The molecule has 1 fully saturated rings. The molecule has 2 atom stereocenters. The second-order valence-electron chi connectivity index (χ2n) is 4.32. The fourth-order valence-corrected chi connectivity index (χ4v) is 1.53. The summed E-state index contributed by atoms with van der Waals surface area (Å²) in [6, 6.07) is 0. The standard InChI is InChI=1S/C11H17N3O5/c1-8(16)19-10(4-15)3-14-2-9(12-13-14)5-17-6-11-7-18-11/h2,10-11,15H,3-7H2,1H3/t10-,11+/m1/s1. The summed E-state index contributed by atoms with van der Waals surface area (Å²) < 4.78 is 16.8. The Morgan fingerprint density at radius 3 is 3.16 bits per heavy atom. The van der Waals surface area contributed by atoms with Crippen LogP contribution in [0.15, 0.2) is 6.20 Å². The highest BCUT2D eigenvalue weighted by Gasteiger charge is 2.22. The first-order valence-electron chi connectivity index (χ1n) is 6.04. The number of aliphatic hydroxyl groups excluding tert-OH is 1. The SMILES string of the molecule is CC(=O)O[C@@H](CO)Cn1cc(COC[C@H]2CO2)nn1. The van der Waals surface area contributed by atoms with E-state index in [0.29, 0.717) is 18.9 Å². The van der Waals surface area contributed by atoms with Crippen molar-refractivity contribution in [3.8, 4) is 0 Å². The van der Waals surface area contributed by atoms with Crippen LogP contribution in [0.25, 0.3) is 0 Å². The molecule has 19 heavy (non-hydrogen) atoms. The summed E-state index contributed by atoms with van der Waals surface area (Å²) in [5.41, 5.74) is 0.681. The Morgan fingerprint density at radius 2 is 2.53 bits per heavy atom. The van der Waals surface area contributed by atoms with Crippen molar-refractivity contribution in [2.24, 2.45) is 0 Å². The molecule has 0 saturated carbocycles. The third-order valence-corrected chi connectivity index (χ3v) is 2.47. The van der Waals surface area contributed by atoms with Crippen molar-refractivity contribution in [3.05, 3.63) is 11.9 Å². The minimum Gasteiger partial charge on any atom is -0.458 e. The van der Waals surface area contributed by atoms with Gasteiger partial charge in [-0.2, -0.15) is 0 Å². The van der Waals surface area contributed by atoms with Gasteiger partial charge in [-0.05, 0) is 0 Å². The van der Waals surface area contributed by atoms with Gasteiger partial charge in [0.25, 0.3) is 0 Å². The third-order valence-electron chi connectivity index (χ3n) is 2.47. The van der Waals surface area contributed by atoms with E-state index in [1.807, 2.05) is 0 Å². The lowest BCUT2D eigenvalue weighted by atomic mass is 10.3. The fourth-order valence-electron chi connectivity index (χ4n) is 1.53. The van der Waals surface area contributed by atoms with Gasteiger partial charge in [0.1, 0.15) is 17.9 Å². The quantitative estimate of drug-likeness (QED) is 0.484. The number of ether oxygens (including phenoxy) is 3. The molecule has 0 aromatic carbocycles. The van der Waals surface area contributed by atoms with Crippen LogP contribution in [0, 0.1) is 0 Å². The topological polar surface area (TPSA) is 99.0 Å². The lowest BCUT2D eigenvalue weighted by molar-refractivity contribution is -0.149. The first kappa shape index (κ1) is 13.9. The molecule has 8 heteroatoms. The van der Waals surface area contributed by atoms with Crippen LogP contribution in [0.4, 0.5) is 0 Å². The van der Waals surface area contributed by atoms with Gasteiger partial charge in [-0.25, -0.2) is 4.68 Å². The zero-order valence-electron chi connectivity index (χ0n) is 10.7. The smallest absolute Gasteiger partial charge is 0.303 e. The van der Waals surface area contributed by atoms with E-state index in [4.69, 9.17) is 19.3 Å². The molecular weight excluding hydrogens is 254 g/mol. The molecule has 0 radical (unpaired) electrons. The molecule has 0 aliphatic carbocycles. The Balaban J connectivity index is 1.76. The van der Waals surface area contributed by atoms with E-state index in [9.17, 15) is 4.79 Å². The summed E-state index contributed by atoms with van der Waals surface area (Å²) in [4.78, 5) is 10.8. The average molecular weight is 271 g/mol. The van der Waals surface area contributed by atoms with Crippen molar-refractivity contribution in [1.29, 1.82) is 0 Å². The zero-order valence-corrected chi connectivity index (χ0v) is 10.7. The lowest BCUT2D eigenvalue weighted by Crippen LogP contribution is -2.26. The van der Waals surface area contributed by atoms with Crippen LogP contribution in [0.3, 0.4) is 0 Å². The molecule has 106 valence electrons. The number of hydrogen-bond donors (Lipinski definition) is 1. The molecule has 0 spiro atoms. The maximum Gasteiger partial charge on any atom is 0.303 e. The molecule has 1 aliphatic rings. The van der Waals surface area contributed by atoms with Crippen LogP contribution in [-0.2, 0) is 32.2 Å². The predicted octanol–water partition coefficient (Wildman–Crippen LogP) is -0.882. The summed E-state index contributed by atoms with van der Waals surface area (Å²) in [5.74, 6) is -0.438. The number of aliphatic hydroxyl groups is 1. The number of esters is 1. The highest BCUT2D eigenvalue weighted by molar-refractivity contribution is 5.66. The maximum absolute atomic E-state index is 10.8. The number of aromatic nitrogens is 3. The van der Waals surface area contributed by atoms with Gasteiger partial charge < -0.3 is 19.3 Å². The van der Waals surface area contributed by atoms with E-state index in [-0.39, 0.29) is 19.3 Å². The number of carbonyl (C=O) groups is 1. The van der Waals surface area contributed by atoms with E-state index in [1.165, 1.54) is 11.6 Å². The van der Waals surface area contributed by atoms with Crippen LogP contribution in [0.5, 0.6) is 0 Å². The van der Waals surface area contributed by atoms with Crippen molar-refractivity contribution in [1.82, 2.24) is 15.0 Å². The van der Waals surface area contributed by atoms with E-state index in [1.54, 1.807) is 6.20 Å². The number of nitrogens with zero attached hydrogens (tertiary/aromatic N) is 3. The Morgan fingerprint density at radius 1 is 1.74 bits per heavy atom. The minimum atomic E-state index is -0.618. The molecule has 8 nitrogen and oxygen atoms in total. The summed E-state index contributed by atoms with van der Waals surface area (Å²) in [7, 11) is 0. The van der Waals surface area contributed by atoms with Crippen LogP contribution >= 0.6 is 0 Å². The molecule has 2 rings (SSSR count). The van der Waals surface area contributed by atoms with Gasteiger partial charge in [-0.3, -0.25) is 4.79 Å². The van der Waals surface area contributed by atoms with Crippen molar-refractivity contribution in [2.75, 3.05) is 19.8 Å². The van der Waals surface area contributed by atoms with Gasteiger partial charge in [0.15, 0.2) is 0 Å². The van der Waals surface area contributed by atoms with E-state index in [2.05, 4.69) is 10.3 Å². The van der Waals surface area contributed by atoms with Gasteiger partial charge in [0, 0.05) is 6.92 Å². The number of epoxide rings is 1. The van der Waals surface area contributed by atoms with Crippen LogP contribution < -0.4 is 0 Å². The van der Waals surface area contributed by atoms with Crippen LogP contribution in [0.2, 0.25) is 0 Å². The fraction of sp³-hybridized carbons (Fsp3) is 0.727. The lowest BCUT2D eigenvalue weighted by Gasteiger charge is -2.13. The van der Waals surface area contributed by atoms with Crippen LogP contribution in [0.1, 0.15) is 12.6 Å². The van der Waals surface area contributed by atoms with Gasteiger partial charge in [-0.15, -0.1) is 5.10 Å². The summed E-state index contributed by atoms with van der Waals surface area (Å²) >= 11 is 0. The van der Waals surface area contributed by atoms with Crippen molar-refractivity contribution in [2.45, 2.75) is 32.3 Å². The second kappa shape index (κ2) is 6.60. The summed E-state index contributed by atoms with van der Waals surface area (Å²) in [5, 5.41) is 16.9. The Hall–Kier alpha value is -1.51. The number of carbonyl (C=O) groups excluding carboxylic acids is 1. The first-order chi connectivity index (χ1) is 9.17. The van der Waals surface area contributed by atoms with Crippen molar-refractivity contribution in [3.63, 3.8) is 0 Å². The van der Waals surface area contributed by atoms with Crippen molar-refractivity contribution >= 4 is 5.97 Å². The molecule has 1 saturated heterocycles. The van der Waals surface area contributed by atoms with Crippen LogP contribution in [-0.4, -0.2) is 58.1 Å². The molecule has 2 heterocycles. The highest BCUT2D eigenvalue weighted by atomic mass is 16.6. The van der Waals surface area contributed by atoms with Crippen molar-refractivity contribution < 1.29 is 24.1 Å². The van der Waals surface area contributed by atoms with Gasteiger partial charge >= 0.3 is 5.97 Å². The van der Waals surface area contributed by atoms with E-state index >= 15 is 0 Å². The zero-order chi connectivity index (χ0) is 13.7. The normalized spacial score (nSPS) is 19.2. The van der Waals surface area contributed by atoms with Gasteiger partial charge in [0.2, 0.25) is 0 Å². The maximum atomic E-state index is 10.8. The van der Waals surface area contributed by atoms with Gasteiger partial charge in [-0.1, -0.05) is 5.21 Å². The molecule has 0 amide bonds. The Kier molecular flexibility index (Phi) is 4.83. The monoisotopic (exact) mass is 271 g/mol. The molecule has 0 bridgehead atoms. The second-order valence-corrected chi connectivity index (χ2v) is 4.32. The molecule has 1 aromatic rings. The third kappa shape index (κ3) is 4.93. The molecular formula is C11H17N3O5. The molecule has 1 aliphatic heterocycles.